The highest BCUT2D eigenvalue weighted by molar-refractivity contribution is 9.10. The van der Waals surface area contributed by atoms with Crippen molar-refractivity contribution in [3.05, 3.63) is 68.9 Å². The lowest BCUT2D eigenvalue weighted by atomic mass is 9.92. The molecule has 1 N–H and O–H groups in total. The van der Waals surface area contributed by atoms with Crippen molar-refractivity contribution in [2.24, 2.45) is 0 Å². The Morgan fingerprint density at radius 1 is 1.30 bits per heavy atom. The van der Waals surface area contributed by atoms with E-state index in [9.17, 15) is 14.3 Å². The van der Waals surface area contributed by atoms with E-state index < -0.39 is 17.7 Å². The van der Waals surface area contributed by atoms with Crippen LogP contribution in [-0.2, 0) is 11.2 Å². The largest absolute Gasteiger partial charge is 0.481 e. The van der Waals surface area contributed by atoms with Gasteiger partial charge in [-0.3, -0.25) is 4.79 Å². The van der Waals surface area contributed by atoms with Gasteiger partial charge in [-0.2, -0.15) is 0 Å². The Labute approximate surface area is 129 Å². The summed E-state index contributed by atoms with van der Waals surface area (Å²) in [6.07, 6.45) is 0.0112. The molecule has 0 spiro atoms. The summed E-state index contributed by atoms with van der Waals surface area (Å²) in [5.74, 6) is -2.34. The SMILES string of the molecule is O=C(O)C(Cc1c(F)cccc1Cl)c1cccc(Br)c1. The minimum absolute atomic E-state index is 0.0112. The number of carboxylic acid groups (broad SMARTS) is 1. The molecule has 1 atom stereocenters. The zero-order valence-corrected chi connectivity index (χ0v) is 12.7. The number of rotatable bonds is 4. The maximum atomic E-state index is 13.8. The van der Waals surface area contributed by atoms with Crippen molar-refractivity contribution in [1.29, 1.82) is 0 Å². The van der Waals surface area contributed by atoms with Crippen LogP contribution < -0.4 is 0 Å². The van der Waals surface area contributed by atoms with Gasteiger partial charge in [-0.05, 0) is 36.2 Å². The predicted octanol–water partition coefficient (Wildman–Crippen LogP) is 4.65. The molecule has 0 saturated heterocycles. The molecular formula is C15H11BrClFO2. The van der Waals surface area contributed by atoms with Crippen molar-refractivity contribution in [3.63, 3.8) is 0 Å². The zero-order valence-electron chi connectivity index (χ0n) is 10.3. The van der Waals surface area contributed by atoms with Crippen LogP contribution in [0, 0.1) is 5.82 Å². The minimum atomic E-state index is -1.01. The first-order chi connectivity index (χ1) is 9.49. The van der Waals surface area contributed by atoms with Crippen LogP contribution in [0.3, 0.4) is 0 Å². The number of carbonyl (C=O) groups is 1. The molecule has 1 unspecified atom stereocenters. The summed E-state index contributed by atoms with van der Waals surface area (Å²) in [7, 11) is 0. The van der Waals surface area contributed by atoms with Crippen molar-refractivity contribution in [1.82, 2.24) is 0 Å². The molecule has 0 aliphatic rings. The molecule has 0 aliphatic carbocycles. The van der Waals surface area contributed by atoms with E-state index in [0.29, 0.717) is 5.56 Å². The van der Waals surface area contributed by atoms with Crippen molar-refractivity contribution in [3.8, 4) is 0 Å². The van der Waals surface area contributed by atoms with Crippen LogP contribution in [0.15, 0.2) is 46.9 Å². The monoisotopic (exact) mass is 356 g/mol. The highest BCUT2D eigenvalue weighted by Gasteiger charge is 2.23. The summed E-state index contributed by atoms with van der Waals surface area (Å²) in [5.41, 5.74) is 0.827. The normalized spacial score (nSPS) is 12.2. The molecule has 0 aromatic heterocycles. The second-order valence-electron chi connectivity index (χ2n) is 4.35. The number of aliphatic carboxylic acids is 1. The first-order valence-electron chi connectivity index (χ1n) is 5.90. The van der Waals surface area contributed by atoms with Gasteiger partial charge in [0.2, 0.25) is 0 Å². The van der Waals surface area contributed by atoms with Gasteiger partial charge in [0.1, 0.15) is 5.82 Å². The van der Waals surface area contributed by atoms with Gasteiger partial charge >= 0.3 is 5.97 Å². The molecule has 0 bridgehead atoms. The first kappa shape index (κ1) is 15.0. The van der Waals surface area contributed by atoms with E-state index in [1.807, 2.05) is 0 Å². The van der Waals surface area contributed by atoms with Gasteiger partial charge in [-0.15, -0.1) is 0 Å². The molecule has 0 fully saturated rings. The van der Waals surface area contributed by atoms with Crippen LogP contribution in [0.2, 0.25) is 5.02 Å². The highest BCUT2D eigenvalue weighted by atomic mass is 79.9. The molecular weight excluding hydrogens is 347 g/mol. The molecule has 104 valence electrons. The fourth-order valence-electron chi connectivity index (χ4n) is 2.00. The molecule has 2 aromatic rings. The maximum absolute atomic E-state index is 13.8. The number of benzene rings is 2. The first-order valence-corrected chi connectivity index (χ1v) is 7.07. The second-order valence-corrected chi connectivity index (χ2v) is 5.67. The van der Waals surface area contributed by atoms with E-state index in [4.69, 9.17) is 11.6 Å². The van der Waals surface area contributed by atoms with Gasteiger partial charge in [0.15, 0.2) is 0 Å². The maximum Gasteiger partial charge on any atom is 0.311 e. The van der Waals surface area contributed by atoms with Gasteiger partial charge in [0.05, 0.1) is 5.92 Å². The average Bonchev–Trinajstić information content (AvgIpc) is 2.38. The van der Waals surface area contributed by atoms with E-state index in [1.165, 1.54) is 12.1 Å². The lowest BCUT2D eigenvalue weighted by molar-refractivity contribution is -0.138. The van der Waals surface area contributed by atoms with Gasteiger partial charge in [0, 0.05) is 15.1 Å². The Balaban J connectivity index is 2.38. The summed E-state index contributed by atoms with van der Waals surface area (Å²) < 4.78 is 14.6. The fourth-order valence-corrected chi connectivity index (χ4v) is 2.66. The third kappa shape index (κ3) is 3.38. The second kappa shape index (κ2) is 6.37. The summed E-state index contributed by atoms with van der Waals surface area (Å²) >= 11 is 9.26. The summed E-state index contributed by atoms with van der Waals surface area (Å²) in [6, 6.07) is 11.3. The number of halogens is 3. The van der Waals surface area contributed by atoms with Crippen LogP contribution in [0.1, 0.15) is 17.0 Å². The predicted molar refractivity (Wildman–Crippen MR) is 79.6 cm³/mol. The molecule has 0 radical (unpaired) electrons. The lowest BCUT2D eigenvalue weighted by Gasteiger charge is -2.14. The summed E-state index contributed by atoms with van der Waals surface area (Å²) in [6.45, 7) is 0. The van der Waals surface area contributed by atoms with Crippen molar-refractivity contribution >= 4 is 33.5 Å². The van der Waals surface area contributed by atoms with E-state index in [0.717, 1.165) is 4.47 Å². The fraction of sp³-hybridized carbons (Fsp3) is 0.133. The molecule has 2 rings (SSSR count). The quantitative estimate of drug-likeness (QED) is 0.864. The van der Waals surface area contributed by atoms with E-state index >= 15 is 0 Å². The Morgan fingerprint density at radius 3 is 2.60 bits per heavy atom. The third-order valence-electron chi connectivity index (χ3n) is 3.02. The van der Waals surface area contributed by atoms with Crippen molar-refractivity contribution in [2.45, 2.75) is 12.3 Å². The van der Waals surface area contributed by atoms with Crippen LogP contribution >= 0.6 is 27.5 Å². The Bertz CT molecular complexity index is 625. The molecule has 2 nitrogen and oxygen atoms in total. The van der Waals surface area contributed by atoms with Crippen LogP contribution in [-0.4, -0.2) is 11.1 Å². The van der Waals surface area contributed by atoms with Crippen LogP contribution in [0.25, 0.3) is 0 Å². The molecule has 5 heteroatoms. The number of carboxylic acids is 1. The average molecular weight is 358 g/mol. The molecule has 20 heavy (non-hydrogen) atoms. The molecule has 0 heterocycles. The zero-order chi connectivity index (χ0) is 14.7. The van der Waals surface area contributed by atoms with Gasteiger partial charge in [-0.25, -0.2) is 4.39 Å². The van der Waals surface area contributed by atoms with Crippen LogP contribution in [0.5, 0.6) is 0 Å². The van der Waals surface area contributed by atoms with Crippen molar-refractivity contribution in [2.75, 3.05) is 0 Å². The Morgan fingerprint density at radius 2 is 2.00 bits per heavy atom. The Hall–Kier alpha value is -1.39. The Kier molecular flexibility index (Phi) is 4.78. The van der Waals surface area contributed by atoms with E-state index in [1.54, 1.807) is 30.3 Å². The van der Waals surface area contributed by atoms with Gasteiger partial charge < -0.3 is 5.11 Å². The van der Waals surface area contributed by atoms with E-state index in [-0.39, 0.29) is 17.0 Å². The lowest BCUT2D eigenvalue weighted by Crippen LogP contribution is -2.15. The minimum Gasteiger partial charge on any atom is -0.481 e. The standard InChI is InChI=1S/C15H11BrClFO2/c16-10-4-1-3-9(7-10)11(15(19)20)8-12-13(17)5-2-6-14(12)18/h1-7,11H,8H2,(H,19,20). The summed E-state index contributed by atoms with van der Waals surface area (Å²) in [4.78, 5) is 11.5. The highest BCUT2D eigenvalue weighted by Crippen LogP contribution is 2.28. The molecule has 0 saturated carbocycles. The molecule has 0 aliphatic heterocycles. The van der Waals surface area contributed by atoms with Gasteiger partial charge in [0.25, 0.3) is 0 Å². The smallest absolute Gasteiger partial charge is 0.311 e. The number of hydrogen-bond acceptors (Lipinski definition) is 1. The van der Waals surface area contributed by atoms with Gasteiger partial charge in [-0.1, -0.05) is 45.7 Å². The summed E-state index contributed by atoms with van der Waals surface area (Å²) in [5, 5.41) is 9.62. The third-order valence-corrected chi connectivity index (χ3v) is 3.87. The van der Waals surface area contributed by atoms with E-state index in [2.05, 4.69) is 15.9 Å². The van der Waals surface area contributed by atoms with Crippen LogP contribution in [0.4, 0.5) is 4.39 Å². The molecule has 0 amide bonds. The topological polar surface area (TPSA) is 37.3 Å². The van der Waals surface area contributed by atoms with Crippen molar-refractivity contribution < 1.29 is 14.3 Å². The number of hydrogen-bond donors (Lipinski definition) is 1. The molecule has 2 aromatic carbocycles.